The van der Waals surface area contributed by atoms with Crippen molar-refractivity contribution >= 4 is 10.9 Å². The highest BCUT2D eigenvalue weighted by Gasteiger charge is 2.13. The maximum Gasteiger partial charge on any atom is 0.261 e. The molecule has 0 aliphatic heterocycles. The first kappa shape index (κ1) is 26.0. The molecule has 0 saturated carbocycles. The zero-order chi connectivity index (χ0) is 26.9. The van der Waals surface area contributed by atoms with Crippen molar-refractivity contribution in [3.8, 4) is 34.4 Å². The smallest absolute Gasteiger partial charge is 0.261 e. The Balaban J connectivity index is 1.16. The van der Waals surface area contributed by atoms with Crippen LogP contribution in [0.3, 0.4) is 0 Å². The van der Waals surface area contributed by atoms with Gasteiger partial charge in [-0.1, -0.05) is 49.2 Å². The molecule has 0 unspecified atom stereocenters. The number of hydrogen-bond donors (Lipinski definition) is 0. The summed E-state index contributed by atoms with van der Waals surface area (Å²) in [6.07, 6.45) is 3.80. The molecular formula is C33H32N2O4. The van der Waals surface area contributed by atoms with Gasteiger partial charge in [0.05, 0.1) is 24.6 Å². The van der Waals surface area contributed by atoms with E-state index in [1.807, 2.05) is 103 Å². The molecule has 1 heterocycles. The Morgan fingerprint density at radius 3 is 2.23 bits per heavy atom. The van der Waals surface area contributed by atoms with Crippen LogP contribution >= 0.6 is 0 Å². The highest BCUT2D eigenvalue weighted by molar-refractivity contribution is 5.79. The topological polar surface area (TPSA) is 62.6 Å². The van der Waals surface area contributed by atoms with Crippen molar-refractivity contribution < 1.29 is 14.2 Å². The molecule has 39 heavy (non-hydrogen) atoms. The van der Waals surface area contributed by atoms with Gasteiger partial charge in [0.1, 0.15) is 28.8 Å². The van der Waals surface area contributed by atoms with E-state index in [0.717, 1.165) is 54.2 Å². The first-order valence-electron chi connectivity index (χ1n) is 13.3. The van der Waals surface area contributed by atoms with Crippen LogP contribution in [0.2, 0.25) is 0 Å². The van der Waals surface area contributed by atoms with Crippen LogP contribution < -0.4 is 19.8 Å². The lowest BCUT2D eigenvalue weighted by Crippen LogP contribution is -2.23. The summed E-state index contributed by atoms with van der Waals surface area (Å²) in [4.78, 5) is 18.2. The van der Waals surface area contributed by atoms with Gasteiger partial charge in [0.2, 0.25) is 0 Å². The van der Waals surface area contributed by atoms with Gasteiger partial charge in [-0.15, -0.1) is 0 Å². The van der Waals surface area contributed by atoms with Gasteiger partial charge in [-0.2, -0.15) is 0 Å². The fraction of sp³-hybridized carbons (Fsp3) is 0.212. The van der Waals surface area contributed by atoms with Crippen molar-refractivity contribution in [2.24, 2.45) is 0 Å². The van der Waals surface area contributed by atoms with Gasteiger partial charge in [0, 0.05) is 18.2 Å². The fourth-order valence-electron chi connectivity index (χ4n) is 4.50. The highest BCUT2D eigenvalue weighted by Crippen LogP contribution is 2.25. The summed E-state index contributed by atoms with van der Waals surface area (Å²) >= 11 is 0. The van der Waals surface area contributed by atoms with E-state index in [1.54, 1.807) is 11.7 Å². The lowest BCUT2D eigenvalue weighted by molar-refractivity contribution is 0.302. The van der Waals surface area contributed by atoms with E-state index in [0.29, 0.717) is 29.9 Å². The van der Waals surface area contributed by atoms with Crippen LogP contribution in [0.4, 0.5) is 0 Å². The lowest BCUT2D eigenvalue weighted by Gasteiger charge is -2.14. The normalized spacial score (nSPS) is 10.9. The molecule has 4 aromatic carbocycles. The minimum Gasteiger partial charge on any atom is -0.497 e. The molecule has 0 fully saturated rings. The Morgan fingerprint density at radius 2 is 1.41 bits per heavy atom. The largest absolute Gasteiger partial charge is 0.497 e. The summed E-state index contributed by atoms with van der Waals surface area (Å²) in [6.45, 7) is 1.24. The van der Waals surface area contributed by atoms with Crippen molar-refractivity contribution in [3.63, 3.8) is 0 Å². The van der Waals surface area contributed by atoms with Crippen molar-refractivity contribution in [1.29, 1.82) is 0 Å². The number of rotatable bonds is 12. The van der Waals surface area contributed by atoms with Crippen LogP contribution in [-0.4, -0.2) is 23.3 Å². The third-order valence-electron chi connectivity index (χ3n) is 6.54. The molecule has 0 N–H and O–H groups in total. The van der Waals surface area contributed by atoms with Gasteiger partial charge >= 0.3 is 0 Å². The first-order valence-corrected chi connectivity index (χ1v) is 13.3. The molecule has 0 radical (unpaired) electrons. The summed E-state index contributed by atoms with van der Waals surface area (Å²) in [5, 5.41) is 0.640. The van der Waals surface area contributed by atoms with Crippen molar-refractivity contribution in [2.75, 3.05) is 13.7 Å². The molecule has 0 amide bonds. The summed E-state index contributed by atoms with van der Waals surface area (Å²) < 4.78 is 18.9. The second-order valence-electron chi connectivity index (χ2n) is 9.29. The van der Waals surface area contributed by atoms with Crippen LogP contribution in [0.15, 0.2) is 108 Å². The van der Waals surface area contributed by atoms with E-state index in [9.17, 15) is 4.79 Å². The standard InChI is InChI=1S/C33H32N2O4/c1-37-26-20-18-25(19-21-26)32-34-31-17-8-7-16-30(31)33(36)35(32)22-9-2-3-10-23-38-28-14-11-15-29(24-28)39-27-12-5-4-6-13-27/h4-8,11-21,24H,2-3,9-10,22-23H2,1H3. The number of para-hydroxylation sites is 2. The van der Waals surface area contributed by atoms with Crippen molar-refractivity contribution in [3.05, 3.63) is 113 Å². The third kappa shape index (κ3) is 6.65. The van der Waals surface area contributed by atoms with Crippen LogP contribution in [0.5, 0.6) is 23.0 Å². The second-order valence-corrected chi connectivity index (χ2v) is 9.29. The molecule has 198 valence electrons. The van der Waals surface area contributed by atoms with Gasteiger partial charge in [0.15, 0.2) is 0 Å². The molecule has 6 heteroatoms. The maximum absolute atomic E-state index is 13.4. The number of fused-ring (bicyclic) bond motifs is 1. The van der Waals surface area contributed by atoms with Crippen LogP contribution in [0, 0.1) is 0 Å². The molecule has 0 spiro atoms. The van der Waals surface area contributed by atoms with Crippen molar-refractivity contribution in [1.82, 2.24) is 9.55 Å². The van der Waals surface area contributed by atoms with Gasteiger partial charge in [-0.05, 0) is 73.5 Å². The number of aromatic nitrogens is 2. The molecule has 0 bridgehead atoms. The molecule has 0 atom stereocenters. The highest BCUT2D eigenvalue weighted by atomic mass is 16.5. The van der Waals surface area contributed by atoms with Gasteiger partial charge < -0.3 is 14.2 Å². The summed E-state index contributed by atoms with van der Waals surface area (Å²) in [5.41, 5.74) is 1.60. The second kappa shape index (κ2) is 12.8. The first-order chi connectivity index (χ1) is 19.2. The van der Waals surface area contributed by atoms with Gasteiger partial charge in [-0.3, -0.25) is 9.36 Å². The summed E-state index contributed by atoms with van der Waals surface area (Å²) in [7, 11) is 1.64. The zero-order valence-corrected chi connectivity index (χ0v) is 22.1. The summed E-state index contributed by atoms with van der Waals surface area (Å²) in [6, 6.07) is 32.6. The molecule has 0 aliphatic rings. The predicted octanol–water partition coefficient (Wildman–Crippen LogP) is 7.50. The minimum atomic E-state index is -0.00708. The predicted molar refractivity (Wildman–Crippen MR) is 155 cm³/mol. The molecule has 0 aliphatic carbocycles. The fourth-order valence-corrected chi connectivity index (χ4v) is 4.50. The minimum absolute atomic E-state index is 0.00708. The van der Waals surface area contributed by atoms with Crippen LogP contribution in [-0.2, 0) is 6.54 Å². The summed E-state index contributed by atoms with van der Waals surface area (Å²) in [5.74, 6) is 3.79. The average molecular weight is 521 g/mol. The Morgan fingerprint density at radius 1 is 0.692 bits per heavy atom. The number of ether oxygens (including phenoxy) is 3. The zero-order valence-electron chi connectivity index (χ0n) is 22.1. The number of unbranched alkanes of at least 4 members (excludes halogenated alkanes) is 3. The molecular weight excluding hydrogens is 488 g/mol. The molecule has 6 nitrogen and oxygen atoms in total. The SMILES string of the molecule is COc1ccc(-c2nc3ccccc3c(=O)n2CCCCCCOc2cccc(Oc3ccccc3)c2)cc1. The van der Waals surface area contributed by atoms with Crippen LogP contribution in [0.1, 0.15) is 25.7 Å². The Kier molecular flexibility index (Phi) is 8.54. The molecule has 5 aromatic rings. The maximum atomic E-state index is 13.4. The molecule has 5 rings (SSSR count). The Hall–Kier alpha value is -4.58. The third-order valence-corrected chi connectivity index (χ3v) is 6.54. The lowest BCUT2D eigenvalue weighted by atomic mass is 10.1. The molecule has 1 aromatic heterocycles. The monoisotopic (exact) mass is 520 g/mol. The van der Waals surface area contributed by atoms with Crippen LogP contribution in [0.25, 0.3) is 22.3 Å². The van der Waals surface area contributed by atoms with Crippen molar-refractivity contribution in [2.45, 2.75) is 32.2 Å². The number of benzene rings is 4. The average Bonchev–Trinajstić information content (AvgIpc) is 2.98. The van der Waals surface area contributed by atoms with Gasteiger partial charge in [0.25, 0.3) is 5.56 Å². The van der Waals surface area contributed by atoms with E-state index in [1.165, 1.54) is 0 Å². The van der Waals surface area contributed by atoms with E-state index < -0.39 is 0 Å². The van der Waals surface area contributed by atoms with E-state index in [4.69, 9.17) is 19.2 Å². The molecule has 0 saturated heterocycles. The number of nitrogens with zero attached hydrogens (tertiary/aromatic N) is 2. The number of hydrogen-bond acceptors (Lipinski definition) is 5. The Bertz CT molecular complexity index is 1560. The van der Waals surface area contributed by atoms with E-state index in [2.05, 4.69) is 0 Å². The van der Waals surface area contributed by atoms with Gasteiger partial charge in [-0.25, -0.2) is 4.98 Å². The number of methoxy groups -OCH3 is 1. The van der Waals surface area contributed by atoms with E-state index >= 15 is 0 Å². The quantitative estimate of drug-likeness (QED) is 0.159. The van der Waals surface area contributed by atoms with E-state index in [-0.39, 0.29) is 5.56 Å². The Labute approximate surface area is 228 Å².